The molecule has 3 aromatic carbocycles. The van der Waals surface area contributed by atoms with Crippen molar-refractivity contribution in [2.75, 3.05) is 20.0 Å². The van der Waals surface area contributed by atoms with Gasteiger partial charge in [-0.1, -0.05) is 97.1 Å². The molecule has 40 heavy (non-hydrogen) atoms. The summed E-state index contributed by atoms with van der Waals surface area (Å²) in [5, 5.41) is 22.1. The van der Waals surface area contributed by atoms with Gasteiger partial charge in [0.05, 0.1) is 13.4 Å². The van der Waals surface area contributed by atoms with E-state index in [0.717, 1.165) is 27.3 Å². The van der Waals surface area contributed by atoms with Crippen molar-refractivity contribution in [1.29, 1.82) is 0 Å². The number of aliphatic hydroxyl groups excluding tert-OH is 2. The Kier molecular flexibility index (Phi) is 14.8. The number of halogens is 3. The zero-order chi connectivity index (χ0) is 30.0. The van der Waals surface area contributed by atoms with E-state index in [-0.39, 0.29) is 54.3 Å². The van der Waals surface area contributed by atoms with Gasteiger partial charge in [-0.3, -0.25) is 0 Å². The van der Waals surface area contributed by atoms with E-state index < -0.39 is 38.4 Å². The van der Waals surface area contributed by atoms with Gasteiger partial charge in [-0.05, 0) is 37.5 Å². The average molecular weight is 748 g/mol. The van der Waals surface area contributed by atoms with Crippen LogP contribution in [-0.4, -0.2) is 42.5 Å². The Morgan fingerprint density at radius 2 is 1.15 bits per heavy atom. The molecule has 4 aromatic rings. The van der Waals surface area contributed by atoms with E-state index in [1.165, 1.54) is 12.1 Å². The zero-order valence-electron chi connectivity index (χ0n) is 23.0. The van der Waals surface area contributed by atoms with Gasteiger partial charge in [-0.2, -0.15) is 13.2 Å². The summed E-state index contributed by atoms with van der Waals surface area (Å²) in [5.41, 5.74) is 0. The van der Waals surface area contributed by atoms with Gasteiger partial charge in [0.15, 0.2) is 13.2 Å². The number of aliphatic hydroxyl groups is 2. The molecule has 0 amide bonds. The molecule has 0 spiro atoms. The molecule has 0 aliphatic carbocycles. The molecule has 0 saturated carbocycles. The monoisotopic (exact) mass is 748 g/mol. The molecule has 11 heteroatoms. The Labute approximate surface area is 279 Å². The first-order chi connectivity index (χ1) is 18.7. The fourth-order valence-electron chi connectivity index (χ4n) is 3.06. The van der Waals surface area contributed by atoms with Crippen LogP contribution >= 0.6 is 25.6 Å². The molecule has 1 aromatic heterocycles. The number of hydrogen-bond acceptors (Lipinski definition) is 5. The van der Waals surface area contributed by atoms with Crippen molar-refractivity contribution in [2.24, 2.45) is 0 Å². The second-order valence-electron chi connectivity index (χ2n) is 8.92. The van der Waals surface area contributed by atoms with Gasteiger partial charge < -0.3 is 19.3 Å². The topological polar surface area (TPSA) is 74.6 Å². The molecule has 4 rings (SSSR count). The van der Waals surface area contributed by atoms with Crippen LogP contribution in [0.15, 0.2) is 115 Å². The van der Waals surface area contributed by atoms with Crippen LogP contribution in [-0.2, 0) is 9.13 Å². The summed E-state index contributed by atoms with van der Waals surface area (Å²) in [5.74, 6) is -0.852. The summed E-state index contributed by atoms with van der Waals surface area (Å²) >= 11 is 0.981. The van der Waals surface area contributed by atoms with E-state index in [1.807, 2.05) is 91.0 Å². The van der Waals surface area contributed by atoms with Crippen molar-refractivity contribution in [1.82, 2.24) is 0 Å². The number of benzene rings is 3. The fourth-order valence-corrected chi connectivity index (χ4v) is 6.36. The molecule has 1 atom stereocenters. The molecule has 0 aliphatic heterocycles. The van der Waals surface area contributed by atoms with Gasteiger partial charge in [-0.15, -0.1) is 11.3 Å². The second kappa shape index (κ2) is 17.0. The summed E-state index contributed by atoms with van der Waals surface area (Å²) < 4.78 is 67.0. The predicted molar refractivity (Wildman–Crippen MR) is 158 cm³/mol. The van der Waals surface area contributed by atoms with Crippen LogP contribution in [0.3, 0.4) is 0 Å². The third kappa shape index (κ3) is 12.3. The van der Waals surface area contributed by atoms with Gasteiger partial charge >= 0.3 is 6.18 Å². The van der Waals surface area contributed by atoms with Gasteiger partial charge in [-0.25, -0.2) is 0 Å². The van der Waals surface area contributed by atoms with Gasteiger partial charge in [0.1, 0.15) is 5.76 Å². The summed E-state index contributed by atoms with van der Waals surface area (Å²) in [6.45, 7) is 5.23. The number of alkyl halides is 3. The summed E-state index contributed by atoms with van der Waals surface area (Å²) in [4.78, 5) is 0.114. The van der Waals surface area contributed by atoms with Crippen LogP contribution in [0.1, 0.15) is 6.25 Å². The third-order valence-corrected chi connectivity index (χ3v) is 8.65. The number of thiophene rings is 1. The molecular formula is C29H31EuF3O4P2S. The van der Waals surface area contributed by atoms with E-state index in [0.29, 0.717) is 0 Å². The van der Waals surface area contributed by atoms with Crippen LogP contribution in [0.2, 0.25) is 0 Å². The molecule has 1 heterocycles. The summed E-state index contributed by atoms with van der Waals surface area (Å²) in [6, 6.07) is 30.8. The predicted octanol–water partition coefficient (Wildman–Crippen LogP) is 7.14. The van der Waals surface area contributed by atoms with Crippen molar-refractivity contribution in [3.8, 4) is 0 Å². The van der Waals surface area contributed by atoms with Crippen LogP contribution in [0.5, 0.6) is 0 Å². The average Bonchev–Trinajstić information content (AvgIpc) is 3.47. The number of hydrogen-bond donors (Lipinski definition) is 2. The minimum absolute atomic E-state index is 0. The minimum atomic E-state index is -4.94. The van der Waals surface area contributed by atoms with Crippen LogP contribution in [0.25, 0.3) is 5.76 Å². The molecule has 0 bridgehead atoms. The minimum Gasteiger partial charge on any atom is -0.507 e. The van der Waals surface area contributed by atoms with Gasteiger partial charge in [0.2, 0.25) is 0 Å². The summed E-state index contributed by atoms with van der Waals surface area (Å²) in [7, 11) is -4.42. The maximum absolute atomic E-state index is 13.8. The Morgan fingerprint density at radius 3 is 1.43 bits per heavy atom. The molecule has 0 fully saturated rings. The first-order valence-corrected chi connectivity index (χ1v) is 17.3. The quantitative estimate of drug-likeness (QED) is 0.168. The molecule has 0 aliphatic rings. The van der Waals surface area contributed by atoms with Crippen molar-refractivity contribution in [3.63, 3.8) is 0 Å². The van der Waals surface area contributed by atoms with E-state index in [1.54, 1.807) is 25.4 Å². The first kappa shape index (κ1) is 34.9. The maximum Gasteiger partial charge on any atom is 0.418 e. The van der Waals surface area contributed by atoms with Crippen LogP contribution < -0.4 is 15.9 Å². The Balaban J connectivity index is 0.000000356. The SMILES string of the molecule is CP(C)(C)=O.O=P(c1ccccc1)(c1ccccc1)c1ccccc1.[2H]/C(=C(/O)c1cccs1)C(O)C(F)(F)F.[Eu]. The van der Waals surface area contributed by atoms with Crippen LogP contribution in [0, 0.1) is 49.4 Å². The van der Waals surface area contributed by atoms with E-state index in [9.17, 15) is 27.4 Å². The molecule has 1 radical (unpaired) electrons. The maximum atomic E-state index is 13.8. The third-order valence-electron chi connectivity index (χ3n) is 4.70. The van der Waals surface area contributed by atoms with Crippen molar-refractivity contribution in [3.05, 3.63) is 119 Å². The molecule has 2 N–H and O–H groups in total. The van der Waals surface area contributed by atoms with Crippen molar-refractivity contribution in [2.45, 2.75) is 12.3 Å². The zero-order valence-corrected chi connectivity index (χ0v) is 27.0. The first-order valence-electron chi connectivity index (χ1n) is 12.1. The Morgan fingerprint density at radius 1 is 0.800 bits per heavy atom. The molecule has 4 nitrogen and oxygen atoms in total. The normalized spacial score (nSPS) is 13.1. The van der Waals surface area contributed by atoms with Gasteiger partial charge in [0.25, 0.3) is 0 Å². The van der Waals surface area contributed by atoms with Crippen LogP contribution in [0.4, 0.5) is 13.2 Å². The second-order valence-corrected chi connectivity index (χ2v) is 16.4. The standard InChI is InChI=1S/C18H15OP.C8H7F3O2S.C3H9OP.Eu/c19-20(16-10-4-1-5-11-16,17-12-6-2-7-13-17)18-14-8-3-9-15-18;9-8(10,11)7(13)4-5(12)6-2-1-3-14-6;1-5(2,3)4;/h1-15H;1-4,7,12-13H;1-3H3;/b;5-4-;;/i;4D;;. The van der Waals surface area contributed by atoms with E-state index in [4.69, 9.17) is 6.48 Å². The molecule has 0 saturated heterocycles. The Bertz CT molecular complexity index is 1340. The van der Waals surface area contributed by atoms with Gasteiger partial charge in [0, 0.05) is 65.3 Å². The van der Waals surface area contributed by atoms with E-state index in [2.05, 4.69) is 0 Å². The fraction of sp³-hybridized carbons (Fsp3) is 0.172. The number of rotatable bonds is 5. The summed E-state index contributed by atoms with van der Waals surface area (Å²) in [6.07, 6.45) is -7.90. The molecule has 215 valence electrons. The smallest absolute Gasteiger partial charge is 0.418 e. The molecule has 1 unspecified atom stereocenters. The largest absolute Gasteiger partial charge is 0.507 e. The van der Waals surface area contributed by atoms with E-state index >= 15 is 0 Å². The van der Waals surface area contributed by atoms with Crippen molar-refractivity contribution < 1.29 is 83.3 Å². The molecular weight excluding hydrogens is 715 g/mol. The Hall–Kier alpha value is -1.31. The van der Waals surface area contributed by atoms with Crippen molar-refractivity contribution >= 4 is 47.3 Å².